The van der Waals surface area contributed by atoms with Crippen LogP contribution < -0.4 is 0 Å². The lowest BCUT2D eigenvalue weighted by molar-refractivity contribution is 0.378. The largest absolute Gasteiger partial charge is 0.0654 e. The number of hydrogen-bond acceptors (Lipinski definition) is 0. The minimum absolute atomic E-state index is 0.944. The number of unbranched alkanes of at least 4 members (excludes halogenated alkanes) is 17. The normalized spacial score (nSPS) is 14.8. The zero-order chi connectivity index (χ0) is 29.5. The molecule has 0 heterocycles. The van der Waals surface area contributed by atoms with Gasteiger partial charge < -0.3 is 0 Å². The molecule has 0 saturated heterocycles. The van der Waals surface area contributed by atoms with Crippen LogP contribution in [0.4, 0.5) is 0 Å². The highest BCUT2D eigenvalue weighted by molar-refractivity contribution is 4.61. The maximum Gasteiger partial charge on any atom is -0.0443 e. The zero-order valence-electron chi connectivity index (χ0n) is 29.5. The number of hydrogen-bond donors (Lipinski definition) is 0. The smallest absolute Gasteiger partial charge is 0.0443 e. The molecule has 0 heteroatoms. The Balaban J connectivity index is 3.40. The molecule has 40 heavy (non-hydrogen) atoms. The van der Waals surface area contributed by atoms with E-state index in [1.54, 1.807) is 0 Å². The molecule has 4 unspecified atom stereocenters. The summed E-state index contributed by atoms with van der Waals surface area (Å²) in [4.78, 5) is 0. The molecule has 0 aromatic heterocycles. The second-order valence-electron chi connectivity index (χ2n) is 14.8. The Morgan fingerprint density at radius 2 is 0.400 bits per heavy atom. The van der Waals surface area contributed by atoms with Crippen molar-refractivity contribution >= 4 is 0 Å². The second kappa shape index (κ2) is 31.9. The third-order valence-corrected chi connectivity index (χ3v) is 10.0. The average molecular weight is 563 g/mol. The van der Waals surface area contributed by atoms with Crippen LogP contribution in [0, 0.1) is 23.7 Å². The molecule has 0 aliphatic heterocycles. The van der Waals surface area contributed by atoms with Gasteiger partial charge in [-0.15, -0.1) is 0 Å². The summed E-state index contributed by atoms with van der Waals surface area (Å²) >= 11 is 0. The summed E-state index contributed by atoms with van der Waals surface area (Å²) in [5.74, 6) is 3.79. The first kappa shape index (κ1) is 40.0. The highest BCUT2D eigenvalue weighted by Crippen LogP contribution is 2.24. The van der Waals surface area contributed by atoms with E-state index in [0.29, 0.717) is 0 Å². The lowest BCUT2D eigenvalue weighted by Gasteiger charge is -2.15. The Morgan fingerprint density at radius 3 is 0.700 bits per heavy atom. The zero-order valence-corrected chi connectivity index (χ0v) is 29.5. The van der Waals surface area contributed by atoms with E-state index in [-0.39, 0.29) is 0 Å². The van der Waals surface area contributed by atoms with Crippen molar-refractivity contribution < 1.29 is 0 Å². The van der Waals surface area contributed by atoms with Gasteiger partial charge in [0.15, 0.2) is 0 Å². The van der Waals surface area contributed by atoms with Crippen LogP contribution in [0.3, 0.4) is 0 Å². The van der Waals surface area contributed by atoms with Crippen LogP contribution in [0.25, 0.3) is 0 Å². The summed E-state index contributed by atoms with van der Waals surface area (Å²) in [6.07, 6.45) is 43.9. The van der Waals surface area contributed by atoms with Gasteiger partial charge in [0.05, 0.1) is 0 Å². The van der Waals surface area contributed by atoms with E-state index in [9.17, 15) is 0 Å². The van der Waals surface area contributed by atoms with Gasteiger partial charge in [0.25, 0.3) is 0 Å². The van der Waals surface area contributed by atoms with E-state index in [4.69, 9.17) is 0 Å². The highest BCUT2D eigenvalue weighted by Gasteiger charge is 2.08. The predicted octanol–water partition coefficient (Wildman–Crippen LogP) is 15.3. The molecule has 0 saturated carbocycles. The maximum absolute atomic E-state index is 2.52. The van der Waals surface area contributed by atoms with E-state index in [2.05, 4.69) is 41.5 Å². The van der Waals surface area contributed by atoms with Crippen molar-refractivity contribution in [2.24, 2.45) is 23.7 Å². The molecule has 0 N–H and O–H groups in total. The van der Waals surface area contributed by atoms with Crippen molar-refractivity contribution in [3.05, 3.63) is 0 Å². The van der Waals surface area contributed by atoms with Gasteiger partial charge in [-0.05, 0) is 23.7 Å². The van der Waals surface area contributed by atoms with Gasteiger partial charge in [0.2, 0.25) is 0 Å². The van der Waals surface area contributed by atoms with Crippen molar-refractivity contribution in [1.29, 1.82) is 0 Å². The Morgan fingerprint density at radius 1 is 0.225 bits per heavy atom. The Hall–Kier alpha value is 0. The molecule has 4 atom stereocenters. The van der Waals surface area contributed by atoms with Gasteiger partial charge >= 0.3 is 0 Å². The molecule has 0 amide bonds. The van der Waals surface area contributed by atoms with Crippen LogP contribution in [0.5, 0.6) is 0 Å². The summed E-state index contributed by atoms with van der Waals surface area (Å²) < 4.78 is 0. The molecule has 242 valence electrons. The maximum atomic E-state index is 2.52. The topological polar surface area (TPSA) is 0 Å². The highest BCUT2D eigenvalue weighted by atomic mass is 14.1. The van der Waals surface area contributed by atoms with Crippen molar-refractivity contribution in [1.82, 2.24) is 0 Å². The van der Waals surface area contributed by atoms with Gasteiger partial charge in [0, 0.05) is 0 Å². The minimum atomic E-state index is 0.944. The molecular formula is C40H82. The SMILES string of the molecule is CCCCCCCCCCCCCCCCC(C)CCCC(C)CCCCCC(C)CCCC(C)CCCCC. The van der Waals surface area contributed by atoms with Crippen molar-refractivity contribution in [3.63, 3.8) is 0 Å². The summed E-state index contributed by atoms with van der Waals surface area (Å²) in [7, 11) is 0. The Bertz CT molecular complexity index is 453. The summed E-state index contributed by atoms with van der Waals surface area (Å²) in [6.45, 7) is 14.6. The lowest BCUT2D eigenvalue weighted by Crippen LogP contribution is -2.00. The van der Waals surface area contributed by atoms with Crippen molar-refractivity contribution in [2.75, 3.05) is 0 Å². The molecule has 0 radical (unpaired) electrons. The molecule has 0 nitrogen and oxygen atoms in total. The van der Waals surface area contributed by atoms with E-state index >= 15 is 0 Å². The van der Waals surface area contributed by atoms with E-state index in [1.165, 1.54) is 193 Å². The van der Waals surface area contributed by atoms with Gasteiger partial charge in [-0.25, -0.2) is 0 Å². The van der Waals surface area contributed by atoms with E-state index in [0.717, 1.165) is 23.7 Å². The monoisotopic (exact) mass is 563 g/mol. The minimum Gasteiger partial charge on any atom is -0.0654 e. The third-order valence-electron chi connectivity index (χ3n) is 10.0. The standard InChI is InChI=1S/C40H82/c1-7-9-11-12-13-14-15-16-17-18-19-20-21-24-30-38(4)34-28-36-40(6)32-26-22-25-31-39(5)35-27-33-37(3)29-23-10-8-2/h37-40H,7-36H2,1-6H3. The fourth-order valence-corrected chi connectivity index (χ4v) is 6.80. The fraction of sp³-hybridized carbons (Fsp3) is 1.00. The van der Waals surface area contributed by atoms with Crippen LogP contribution in [0.15, 0.2) is 0 Å². The molecule has 0 spiro atoms. The molecule has 0 aliphatic carbocycles. The number of rotatable bonds is 33. The summed E-state index contributed by atoms with van der Waals surface area (Å²) in [6, 6.07) is 0. The van der Waals surface area contributed by atoms with Crippen molar-refractivity contribution in [2.45, 2.75) is 234 Å². The van der Waals surface area contributed by atoms with Crippen LogP contribution in [0.2, 0.25) is 0 Å². The second-order valence-corrected chi connectivity index (χ2v) is 14.8. The Labute approximate surface area is 257 Å². The molecule has 0 bridgehead atoms. The molecule has 0 aromatic rings. The van der Waals surface area contributed by atoms with Crippen LogP contribution in [-0.2, 0) is 0 Å². The van der Waals surface area contributed by atoms with E-state index < -0.39 is 0 Å². The van der Waals surface area contributed by atoms with E-state index in [1.807, 2.05) is 0 Å². The molecule has 0 rings (SSSR count). The molecule has 0 aliphatic rings. The van der Waals surface area contributed by atoms with Crippen LogP contribution in [0.1, 0.15) is 234 Å². The Kier molecular flexibility index (Phi) is 31.9. The average Bonchev–Trinajstić information content (AvgIpc) is 2.93. The van der Waals surface area contributed by atoms with Gasteiger partial charge in [-0.1, -0.05) is 234 Å². The fourth-order valence-electron chi connectivity index (χ4n) is 6.80. The molecule has 0 fully saturated rings. The lowest BCUT2D eigenvalue weighted by atomic mass is 9.91. The van der Waals surface area contributed by atoms with Gasteiger partial charge in [-0.2, -0.15) is 0 Å². The first-order valence-corrected chi connectivity index (χ1v) is 19.5. The molecule has 0 aromatic carbocycles. The van der Waals surface area contributed by atoms with Crippen LogP contribution >= 0.6 is 0 Å². The third kappa shape index (κ3) is 30.9. The van der Waals surface area contributed by atoms with Gasteiger partial charge in [-0.3, -0.25) is 0 Å². The van der Waals surface area contributed by atoms with Crippen molar-refractivity contribution in [3.8, 4) is 0 Å². The summed E-state index contributed by atoms with van der Waals surface area (Å²) in [5.41, 5.74) is 0. The molecular weight excluding hydrogens is 480 g/mol. The first-order chi connectivity index (χ1) is 19.5. The summed E-state index contributed by atoms with van der Waals surface area (Å²) in [5, 5.41) is 0. The quantitative estimate of drug-likeness (QED) is 0.0698. The predicted molar refractivity (Wildman–Crippen MR) is 187 cm³/mol. The first-order valence-electron chi connectivity index (χ1n) is 19.5. The van der Waals surface area contributed by atoms with Gasteiger partial charge in [0.1, 0.15) is 0 Å². The van der Waals surface area contributed by atoms with Crippen LogP contribution in [-0.4, -0.2) is 0 Å².